The molecule has 0 spiro atoms. The van der Waals surface area contributed by atoms with E-state index in [1.807, 2.05) is 42.5 Å². The molecule has 6 bridgehead atoms. The Labute approximate surface area is 360 Å². The average molecular weight is 830 g/mol. The van der Waals surface area contributed by atoms with Gasteiger partial charge in [-0.1, -0.05) is 55.0 Å². The maximum atomic E-state index is 15.0. The van der Waals surface area contributed by atoms with Gasteiger partial charge in [0.1, 0.15) is 0 Å². The van der Waals surface area contributed by atoms with Crippen LogP contribution in [-0.2, 0) is 17.6 Å². The van der Waals surface area contributed by atoms with E-state index >= 15 is 0 Å². The van der Waals surface area contributed by atoms with E-state index in [-0.39, 0.29) is 36.0 Å². The monoisotopic (exact) mass is 829 g/mol. The van der Waals surface area contributed by atoms with Crippen molar-refractivity contribution in [3.63, 3.8) is 0 Å². The SMILES string of the molecule is COc1ccc(CC(=O)N(CC23CC4CC(CC(C4)C2)C3)C[C@]2(O)CC[C@H]3c4ccc(cc4C(=O)c4cc5ccccc5s4)C[C@@H](O)CCC(C)=CCC[C@@]32C)cc1OC. The van der Waals surface area contributed by atoms with Crippen LogP contribution in [0.2, 0.25) is 0 Å². The van der Waals surface area contributed by atoms with E-state index in [1.165, 1.54) is 55.4 Å². The van der Waals surface area contributed by atoms with E-state index in [4.69, 9.17) is 9.47 Å². The maximum Gasteiger partial charge on any atom is 0.227 e. The molecule has 60 heavy (non-hydrogen) atoms. The number of ketones is 1. The molecule has 1 heterocycles. The number of thiophene rings is 1. The summed E-state index contributed by atoms with van der Waals surface area (Å²) in [5.41, 5.74) is 2.95. The first-order valence-corrected chi connectivity index (χ1v) is 23.4. The minimum absolute atomic E-state index is 0.00305. The molecule has 8 heteroatoms. The maximum absolute atomic E-state index is 15.0. The Balaban J connectivity index is 1.10. The number of benzene rings is 3. The third-order valence-electron chi connectivity index (χ3n) is 15.9. The van der Waals surface area contributed by atoms with Crippen LogP contribution < -0.4 is 9.47 Å². The van der Waals surface area contributed by atoms with Crippen molar-refractivity contribution in [3.05, 3.63) is 106 Å². The predicted molar refractivity (Wildman–Crippen MR) is 239 cm³/mol. The Morgan fingerprint density at radius 1 is 0.867 bits per heavy atom. The fraction of sp³-hybridized carbons (Fsp3) is 0.538. The zero-order chi connectivity index (χ0) is 41.8. The van der Waals surface area contributed by atoms with Gasteiger partial charge in [0.15, 0.2) is 11.5 Å². The Morgan fingerprint density at radius 3 is 2.32 bits per heavy atom. The summed E-state index contributed by atoms with van der Waals surface area (Å²) in [6.07, 6.45) is 14.1. The number of hydrogen-bond donors (Lipinski definition) is 2. The lowest BCUT2D eigenvalue weighted by Gasteiger charge is -2.58. The van der Waals surface area contributed by atoms with Gasteiger partial charge < -0.3 is 24.6 Å². The molecule has 7 aliphatic rings. The van der Waals surface area contributed by atoms with Crippen molar-refractivity contribution in [1.82, 2.24) is 4.90 Å². The summed E-state index contributed by atoms with van der Waals surface area (Å²) in [7, 11) is 3.24. The summed E-state index contributed by atoms with van der Waals surface area (Å²) >= 11 is 1.53. The molecule has 0 saturated heterocycles. The third-order valence-corrected chi connectivity index (χ3v) is 17.0. The van der Waals surface area contributed by atoms with Crippen molar-refractivity contribution in [2.45, 2.75) is 121 Å². The highest BCUT2D eigenvalue weighted by Gasteiger charge is 2.59. The number of carbonyl (C=O) groups is 2. The molecule has 2 N–H and O–H groups in total. The van der Waals surface area contributed by atoms with Crippen molar-refractivity contribution in [2.24, 2.45) is 28.6 Å². The van der Waals surface area contributed by atoms with Crippen LogP contribution in [0, 0.1) is 28.6 Å². The number of rotatable bonds is 10. The van der Waals surface area contributed by atoms with E-state index in [0.717, 1.165) is 57.4 Å². The molecule has 0 aliphatic heterocycles. The first kappa shape index (κ1) is 41.4. The Morgan fingerprint density at radius 2 is 1.60 bits per heavy atom. The van der Waals surface area contributed by atoms with Gasteiger partial charge in [-0.15, -0.1) is 11.3 Å². The van der Waals surface area contributed by atoms with Crippen LogP contribution in [0.25, 0.3) is 10.1 Å². The molecule has 5 fully saturated rings. The largest absolute Gasteiger partial charge is 0.493 e. The van der Waals surface area contributed by atoms with Crippen molar-refractivity contribution in [3.8, 4) is 11.5 Å². The highest BCUT2D eigenvalue weighted by molar-refractivity contribution is 7.21. The van der Waals surface area contributed by atoms with Gasteiger partial charge in [-0.25, -0.2) is 0 Å². The number of fused-ring (bicyclic) bond motifs is 9. The van der Waals surface area contributed by atoms with E-state index in [0.29, 0.717) is 60.6 Å². The molecule has 1 aromatic heterocycles. The van der Waals surface area contributed by atoms with Gasteiger partial charge >= 0.3 is 0 Å². The number of carbonyl (C=O) groups excluding carboxylic acids is 2. The molecular formula is C52H63NO6S. The number of aliphatic hydroxyl groups excluding tert-OH is 1. The van der Waals surface area contributed by atoms with Gasteiger partial charge in [0.2, 0.25) is 11.7 Å². The summed E-state index contributed by atoms with van der Waals surface area (Å²) in [5, 5.41) is 25.7. The zero-order valence-electron chi connectivity index (χ0n) is 36.0. The summed E-state index contributed by atoms with van der Waals surface area (Å²) in [6.45, 7) is 5.33. The Hall–Kier alpha value is -3.98. The van der Waals surface area contributed by atoms with E-state index in [2.05, 4.69) is 49.1 Å². The first-order valence-electron chi connectivity index (χ1n) is 22.6. The minimum atomic E-state index is -1.20. The predicted octanol–water partition coefficient (Wildman–Crippen LogP) is 10.5. The van der Waals surface area contributed by atoms with Crippen LogP contribution in [-0.4, -0.2) is 65.8 Å². The van der Waals surface area contributed by atoms with Crippen molar-refractivity contribution >= 4 is 33.1 Å². The van der Waals surface area contributed by atoms with Crippen LogP contribution in [0.5, 0.6) is 11.5 Å². The van der Waals surface area contributed by atoms with E-state index in [9.17, 15) is 19.8 Å². The number of ether oxygens (including phenoxy) is 2. The molecule has 7 nitrogen and oxygen atoms in total. The normalized spacial score (nSPS) is 31.1. The zero-order valence-corrected chi connectivity index (χ0v) is 36.8. The lowest BCUT2D eigenvalue weighted by atomic mass is 9.49. The summed E-state index contributed by atoms with van der Waals surface area (Å²) in [6, 6.07) is 22.1. The van der Waals surface area contributed by atoms with Gasteiger partial charge in [0, 0.05) is 28.8 Å². The molecule has 4 atom stereocenters. The first-order chi connectivity index (χ1) is 28.9. The number of hydrogen-bond acceptors (Lipinski definition) is 7. The molecular weight excluding hydrogens is 767 g/mol. The smallest absolute Gasteiger partial charge is 0.227 e. The lowest BCUT2D eigenvalue weighted by Crippen LogP contribution is -2.58. The van der Waals surface area contributed by atoms with Crippen LogP contribution in [0.3, 0.4) is 0 Å². The molecule has 4 aromatic rings. The topological polar surface area (TPSA) is 96.3 Å². The van der Waals surface area contributed by atoms with Gasteiger partial charge in [-0.3, -0.25) is 9.59 Å². The van der Waals surface area contributed by atoms with Gasteiger partial charge in [0.25, 0.3) is 0 Å². The van der Waals surface area contributed by atoms with Crippen molar-refractivity contribution in [1.29, 1.82) is 0 Å². The second-order valence-corrected chi connectivity index (χ2v) is 21.0. The van der Waals surface area contributed by atoms with Crippen molar-refractivity contribution < 1.29 is 29.3 Å². The van der Waals surface area contributed by atoms with E-state index < -0.39 is 17.1 Å². The summed E-state index contributed by atoms with van der Waals surface area (Å²) < 4.78 is 12.2. The fourth-order valence-corrected chi connectivity index (χ4v) is 14.2. The fourth-order valence-electron chi connectivity index (χ4n) is 13.1. The van der Waals surface area contributed by atoms with Crippen LogP contribution in [0.4, 0.5) is 0 Å². The molecule has 0 radical (unpaired) electrons. The number of amides is 1. The third kappa shape index (κ3) is 7.86. The van der Waals surface area contributed by atoms with Crippen LogP contribution in [0.1, 0.15) is 129 Å². The molecule has 11 rings (SSSR count). The number of aliphatic hydroxyl groups is 2. The standard InChI is InChI=1S/C52H63NO6S/c1-33-8-7-18-50(2)43(41-15-12-34(23-40(54)14-11-33)24-42(41)49(56)47-27-39-9-5-6-10-46(39)60-47)17-19-52(50,57)32-53(31-51-28-36-20-37(29-51)22-38(21-36)30-51)48(55)26-35-13-16-44(58-3)45(25-35)59-4/h5-6,8-10,12-13,15-16,24-25,27,36-38,40,43,54,57H,7,11,14,17-23,26,28-32H2,1-4H3/t36?,37?,38?,40-,43-,50-,51?,52+/m0/s1. The minimum Gasteiger partial charge on any atom is -0.493 e. The molecule has 318 valence electrons. The summed E-state index contributed by atoms with van der Waals surface area (Å²) in [4.78, 5) is 32.6. The average Bonchev–Trinajstić information content (AvgIpc) is 3.77. The molecule has 7 aliphatic carbocycles. The quantitative estimate of drug-likeness (QED) is 0.122. The Kier molecular flexibility index (Phi) is 11.3. The molecule has 0 unspecified atom stereocenters. The number of nitrogens with zero attached hydrogens (tertiary/aromatic N) is 1. The highest BCUT2D eigenvalue weighted by Crippen LogP contribution is 2.62. The number of allylic oxidation sites excluding steroid dienone is 2. The Bertz CT molecular complexity index is 2220. The van der Waals surface area contributed by atoms with Gasteiger partial charge in [-0.2, -0.15) is 0 Å². The van der Waals surface area contributed by atoms with Gasteiger partial charge in [0.05, 0.1) is 37.2 Å². The molecule has 5 saturated carbocycles. The highest BCUT2D eigenvalue weighted by atomic mass is 32.1. The van der Waals surface area contributed by atoms with Crippen LogP contribution >= 0.6 is 11.3 Å². The van der Waals surface area contributed by atoms with Gasteiger partial charge in [-0.05, 0) is 172 Å². The van der Waals surface area contributed by atoms with Crippen molar-refractivity contribution in [2.75, 3.05) is 27.3 Å². The summed E-state index contributed by atoms with van der Waals surface area (Å²) in [5.74, 6) is 3.38. The van der Waals surface area contributed by atoms with E-state index in [1.54, 1.807) is 14.2 Å². The second kappa shape index (κ2) is 16.4. The van der Waals surface area contributed by atoms with Crippen LogP contribution in [0.15, 0.2) is 78.4 Å². The number of methoxy groups -OCH3 is 2. The molecule has 3 aromatic carbocycles. The molecule has 1 amide bonds. The second-order valence-electron chi connectivity index (χ2n) is 20.0. The lowest BCUT2D eigenvalue weighted by molar-refractivity contribution is -0.148.